The summed E-state index contributed by atoms with van der Waals surface area (Å²) in [7, 11) is 1.68. The zero-order chi connectivity index (χ0) is 14.3. The Hall–Kier alpha value is -2.05. The van der Waals surface area contributed by atoms with Crippen LogP contribution in [0, 0.1) is 0 Å². The van der Waals surface area contributed by atoms with E-state index >= 15 is 0 Å². The van der Waals surface area contributed by atoms with Crippen molar-refractivity contribution >= 4 is 17.6 Å². The molecule has 0 aliphatic heterocycles. The van der Waals surface area contributed by atoms with Crippen molar-refractivity contribution in [2.45, 2.75) is 39.0 Å². The van der Waals surface area contributed by atoms with Crippen molar-refractivity contribution in [3.63, 3.8) is 0 Å². The van der Waals surface area contributed by atoms with Gasteiger partial charge < -0.3 is 16.3 Å². The molecule has 0 unspecified atom stereocenters. The van der Waals surface area contributed by atoms with Gasteiger partial charge in [-0.25, -0.2) is 0 Å². The second kappa shape index (κ2) is 7.40. The number of aromatic nitrogens is 2. The zero-order valence-electron chi connectivity index (χ0n) is 11.4. The first-order valence-corrected chi connectivity index (χ1v) is 6.39. The molecule has 0 saturated heterocycles. The molecular formula is C12H21N5O2. The summed E-state index contributed by atoms with van der Waals surface area (Å²) in [6.07, 6.45) is 6.08. The molecule has 1 aromatic heterocycles. The van der Waals surface area contributed by atoms with Crippen molar-refractivity contribution in [2.75, 3.05) is 5.32 Å². The fourth-order valence-corrected chi connectivity index (χ4v) is 1.73. The van der Waals surface area contributed by atoms with Crippen molar-refractivity contribution in [1.82, 2.24) is 9.78 Å². The maximum atomic E-state index is 11.8. The Morgan fingerprint density at radius 2 is 2.26 bits per heavy atom. The van der Waals surface area contributed by atoms with Crippen LogP contribution in [0.15, 0.2) is 11.4 Å². The second-order valence-corrected chi connectivity index (χ2v) is 4.37. The van der Waals surface area contributed by atoms with Crippen molar-refractivity contribution in [3.8, 4) is 0 Å². The molecule has 1 heterocycles. The van der Waals surface area contributed by atoms with E-state index in [-0.39, 0.29) is 11.7 Å². The van der Waals surface area contributed by atoms with Gasteiger partial charge in [-0.1, -0.05) is 31.3 Å². The summed E-state index contributed by atoms with van der Waals surface area (Å²) in [4.78, 5) is 11.8. The van der Waals surface area contributed by atoms with Crippen molar-refractivity contribution in [3.05, 3.63) is 11.8 Å². The Kier molecular flexibility index (Phi) is 5.84. The normalized spacial score (nSPS) is 11.6. The predicted octanol–water partition coefficient (Wildman–Crippen LogP) is 1.42. The third-order valence-corrected chi connectivity index (χ3v) is 2.84. The molecule has 0 aliphatic rings. The molecule has 0 aromatic carbocycles. The summed E-state index contributed by atoms with van der Waals surface area (Å²) < 4.78 is 1.48. The van der Waals surface area contributed by atoms with Crippen molar-refractivity contribution in [2.24, 2.45) is 17.9 Å². The first-order valence-electron chi connectivity index (χ1n) is 6.39. The van der Waals surface area contributed by atoms with Gasteiger partial charge in [0.05, 0.1) is 11.8 Å². The number of rotatable bonds is 7. The quantitative estimate of drug-likeness (QED) is 0.228. The van der Waals surface area contributed by atoms with Crippen LogP contribution in [-0.4, -0.2) is 26.7 Å². The summed E-state index contributed by atoms with van der Waals surface area (Å²) in [5.74, 6) is 0.275. The molecule has 0 bridgehead atoms. The third-order valence-electron chi connectivity index (χ3n) is 2.84. The number of hydrogen-bond acceptors (Lipinski definition) is 4. The van der Waals surface area contributed by atoms with Crippen LogP contribution in [0.1, 0.15) is 44.6 Å². The summed E-state index contributed by atoms with van der Waals surface area (Å²) in [5.41, 5.74) is 5.93. The minimum absolute atomic E-state index is 0.0746. The maximum absolute atomic E-state index is 11.8. The standard InChI is InChI=1S/C12H21N5O2/c1-3-4-5-6-7-10(18)15-12-9(11(13)16-19)8-14-17(12)2/h8,19H,3-7H2,1-2H3,(H2,13,16)(H,15,18). The molecule has 4 N–H and O–H groups in total. The van der Waals surface area contributed by atoms with Crippen LogP contribution in [0.25, 0.3) is 0 Å². The number of carbonyl (C=O) groups excluding carboxylic acids is 1. The lowest BCUT2D eigenvalue weighted by Crippen LogP contribution is -2.19. The summed E-state index contributed by atoms with van der Waals surface area (Å²) in [5, 5.41) is 18.3. The van der Waals surface area contributed by atoms with E-state index in [1.165, 1.54) is 10.9 Å². The minimum atomic E-state index is -0.0910. The SMILES string of the molecule is CCCCCCC(=O)Nc1c(C(N)=NO)cnn1C. The first-order chi connectivity index (χ1) is 9.10. The number of amides is 1. The third kappa shape index (κ3) is 4.27. The van der Waals surface area contributed by atoms with Crippen molar-refractivity contribution in [1.29, 1.82) is 0 Å². The Balaban J connectivity index is 2.61. The van der Waals surface area contributed by atoms with Gasteiger partial charge in [0.25, 0.3) is 0 Å². The molecule has 19 heavy (non-hydrogen) atoms. The Morgan fingerprint density at radius 3 is 2.89 bits per heavy atom. The van der Waals surface area contributed by atoms with Gasteiger partial charge in [-0.05, 0) is 6.42 Å². The zero-order valence-corrected chi connectivity index (χ0v) is 11.4. The van der Waals surface area contributed by atoms with E-state index in [0.29, 0.717) is 17.8 Å². The van der Waals surface area contributed by atoms with Crippen LogP contribution >= 0.6 is 0 Å². The predicted molar refractivity (Wildman–Crippen MR) is 73.1 cm³/mol. The molecule has 0 radical (unpaired) electrons. The van der Waals surface area contributed by atoms with Crippen LogP contribution in [0.4, 0.5) is 5.82 Å². The van der Waals surface area contributed by atoms with E-state index in [9.17, 15) is 4.79 Å². The fourth-order valence-electron chi connectivity index (χ4n) is 1.73. The number of carbonyl (C=O) groups is 1. The number of nitrogens with one attached hydrogen (secondary N) is 1. The fraction of sp³-hybridized carbons (Fsp3) is 0.583. The van der Waals surface area contributed by atoms with E-state index in [1.54, 1.807) is 7.05 Å². The molecule has 1 rings (SSSR count). The van der Waals surface area contributed by atoms with Gasteiger partial charge in [-0.15, -0.1) is 0 Å². The van der Waals surface area contributed by atoms with Gasteiger partial charge in [0.2, 0.25) is 5.91 Å². The van der Waals surface area contributed by atoms with E-state index in [0.717, 1.165) is 25.7 Å². The smallest absolute Gasteiger partial charge is 0.225 e. The highest BCUT2D eigenvalue weighted by molar-refractivity contribution is 6.04. The van der Waals surface area contributed by atoms with E-state index in [2.05, 4.69) is 22.5 Å². The highest BCUT2D eigenvalue weighted by atomic mass is 16.4. The van der Waals surface area contributed by atoms with Gasteiger partial charge in [-0.3, -0.25) is 9.48 Å². The Bertz CT molecular complexity index is 453. The highest BCUT2D eigenvalue weighted by Gasteiger charge is 2.14. The number of anilines is 1. The number of hydrogen-bond donors (Lipinski definition) is 3. The molecule has 0 fully saturated rings. The molecule has 7 heteroatoms. The van der Waals surface area contributed by atoms with Gasteiger partial charge in [0, 0.05) is 13.5 Å². The van der Waals surface area contributed by atoms with Crippen LogP contribution in [0.2, 0.25) is 0 Å². The molecule has 1 amide bonds. The first kappa shape index (κ1) is 15.0. The summed E-state index contributed by atoms with van der Waals surface area (Å²) >= 11 is 0. The van der Waals surface area contributed by atoms with Crippen LogP contribution in [-0.2, 0) is 11.8 Å². The van der Waals surface area contributed by atoms with E-state index in [1.807, 2.05) is 0 Å². The lowest BCUT2D eigenvalue weighted by Gasteiger charge is -2.07. The average molecular weight is 267 g/mol. The van der Waals surface area contributed by atoms with Crippen LogP contribution < -0.4 is 11.1 Å². The lowest BCUT2D eigenvalue weighted by molar-refractivity contribution is -0.116. The van der Waals surface area contributed by atoms with Gasteiger partial charge in [0.15, 0.2) is 5.84 Å². The number of nitrogens with zero attached hydrogens (tertiary/aromatic N) is 3. The van der Waals surface area contributed by atoms with E-state index < -0.39 is 0 Å². The maximum Gasteiger partial charge on any atom is 0.225 e. The second-order valence-electron chi connectivity index (χ2n) is 4.37. The molecule has 7 nitrogen and oxygen atoms in total. The Labute approximate surface area is 112 Å². The topological polar surface area (TPSA) is 106 Å². The van der Waals surface area contributed by atoms with Crippen LogP contribution in [0.3, 0.4) is 0 Å². The summed E-state index contributed by atoms with van der Waals surface area (Å²) in [6.45, 7) is 2.12. The highest BCUT2D eigenvalue weighted by Crippen LogP contribution is 2.14. The molecule has 106 valence electrons. The number of unbranched alkanes of at least 4 members (excludes halogenated alkanes) is 3. The number of oxime groups is 1. The minimum Gasteiger partial charge on any atom is -0.409 e. The molecule has 0 saturated carbocycles. The molecule has 1 aromatic rings. The van der Waals surface area contributed by atoms with Gasteiger partial charge in [-0.2, -0.15) is 5.10 Å². The average Bonchev–Trinajstić information content (AvgIpc) is 2.75. The van der Waals surface area contributed by atoms with Crippen LogP contribution in [0.5, 0.6) is 0 Å². The number of nitrogens with two attached hydrogens (primary N) is 1. The van der Waals surface area contributed by atoms with E-state index in [4.69, 9.17) is 10.9 Å². The Morgan fingerprint density at radius 1 is 1.53 bits per heavy atom. The molecule has 0 spiro atoms. The number of amidine groups is 1. The molecular weight excluding hydrogens is 246 g/mol. The molecule has 0 aliphatic carbocycles. The van der Waals surface area contributed by atoms with Crippen molar-refractivity contribution < 1.29 is 10.0 Å². The van der Waals surface area contributed by atoms with Gasteiger partial charge in [0.1, 0.15) is 5.82 Å². The molecule has 0 atom stereocenters. The lowest BCUT2D eigenvalue weighted by atomic mass is 10.1. The van der Waals surface area contributed by atoms with Gasteiger partial charge >= 0.3 is 0 Å². The number of aryl methyl sites for hydroxylation is 1. The monoisotopic (exact) mass is 267 g/mol. The largest absolute Gasteiger partial charge is 0.409 e. The summed E-state index contributed by atoms with van der Waals surface area (Å²) in [6, 6.07) is 0.